The summed E-state index contributed by atoms with van der Waals surface area (Å²) in [6, 6.07) is 0.00569. The van der Waals surface area contributed by atoms with Gasteiger partial charge >= 0.3 is 0 Å². The molecule has 1 fully saturated rings. The SMILES string of the molecule is CCC1CCC(NS(=O)(=O)c2cnn(CCO)c2)C1C. The molecule has 0 saturated heterocycles. The Kier molecular flexibility index (Phi) is 4.82. The van der Waals surface area contributed by atoms with Crippen LogP contribution in [-0.2, 0) is 16.6 Å². The van der Waals surface area contributed by atoms with Crippen molar-refractivity contribution < 1.29 is 13.5 Å². The molecular weight excluding hydrogens is 278 g/mol. The molecule has 2 N–H and O–H groups in total. The summed E-state index contributed by atoms with van der Waals surface area (Å²) in [7, 11) is -3.52. The molecule has 3 unspecified atom stereocenters. The van der Waals surface area contributed by atoms with Gasteiger partial charge in [0.05, 0.1) is 19.3 Å². The second kappa shape index (κ2) is 6.24. The largest absolute Gasteiger partial charge is 0.394 e. The van der Waals surface area contributed by atoms with E-state index >= 15 is 0 Å². The van der Waals surface area contributed by atoms with E-state index in [-0.39, 0.29) is 17.5 Å². The van der Waals surface area contributed by atoms with Gasteiger partial charge in [0.15, 0.2) is 0 Å². The maximum absolute atomic E-state index is 12.3. The minimum absolute atomic E-state index is 0.00569. The summed E-state index contributed by atoms with van der Waals surface area (Å²) in [5.74, 6) is 0.960. The first-order valence-electron chi connectivity index (χ1n) is 7.13. The van der Waals surface area contributed by atoms with Crippen LogP contribution in [0.3, 0.4) is 0 Å². The van der Waals surface area contributed by atoms with Crippen LogP contribution >= 0.6 is 0 Å². The van der Waals surface area contributed by atoms with Crippen molar-refractivity contribution in [2.45, 2.75) is 50.6 Å². The molecule has 0 aliphatic heterocycles. The van der Waals surface area contributed by atoms with E-state index in [1.165, 1.54) is 17.1 Å². The van der Waals surface area contributed by atoms with Crippen molar-refractivity contribution in [3.63, 3.8) is 0 Å². The maximum atomic E-state index is 12.3. The van der Waals surface area contributed by atoms with Crippen LogP contribution in [-0.4, -0.2) is 36.0 Å². The Morgan fingerprint density at radius 2 is 2.25 bits per heavy atom. The maximum Gasteiger partial charge on any atom is 0.243 e. The predicted octanol–water partition coefficient (Wildman–Crippen LogP) is 0.978. The molecule has 3 atom stereocenters. The first kappa shape index (κ1) is 15.5. The Balaban J connectivity index is 2.07. The minimum atomic E-state index is -3.52. The molecule has 2 rings (SSSR count). The molecule has 1 aromatic heterocycles. The van der Waals surface area contributed by atoms with Crippen LogP contribution in [0.2, 0.25) is 0 Å². The van der Waals surface area contributed by atoms with Crippen molar-refractivity contribution in [3.8, 4) is 0 Å². The lowest BCUT2D eigenvalue weighted by molar-refractivity contribution is 0.269. The Morgan fingerprint density at radius 3 is 2.85 bits per heavy atom. The van der Waals surface area contributed by atoms with Crippen molar-refractivity contribution in [2.75, 3.05) is 6.61 Å². The molecule has 1 aliphatic rings. The van der Waals surface area contributed by atoms with E-state index in [0.717, 1.165) is 19.3 Å². The van der Waals surface area contributed by atoms with Gasteiger partial charge in [0.1, 0.15) is 4.90 Å². The van der Waals surface area contributed by atoms with Crippen LogP contribution in [0.1, 0.15) is 33.1 Å². The van der Waals surface area contributed by atoms with E-state index in [1.54, 1.807) is 0 Å². The molecule has 0 radical (unpaired) electrons. The van der Waals surface area contributed by atoms with Crippen molar-refractivity contribution >= 4 is 10.0 Å². The molecule has 7 heteroatoms. The number of aromatic nitrogens is 2. The predicted molar refractivity (Wildman–Crippen MR) is 75.6 cm³/mol. The Morgan fingerprint density at radius 1 is 1.50 bits per heavy atom. The standard InChI is InChI=1S/C13H23N3O3S/c1-3-11-4-5-13(10(11)2)15-20(18,19)12-8-14-16(9-12)6-7-17/h8-11,13,15,17H,3-7H2,1-2H3. The van der Waals surface area contributed by atoms with E-state index in [4.69, 9.17) is 5.11 Å². The van der Waals surface area contributed by atoms with Crippen molar-refractivity contribution in [3.05, 3.63) is 12.4 Å². The fraction of sp³-hybridized carbons (Fsp3) is 0.769. The summed E-state index contributed by atoms with van der Waals surface area (Å²) < 4.78 is 28.9. The minimum Gasteiger partial charge on any atom is -0.394 e. The quantitative estimate of drug-likeness (QED) is 0.820. The summed E-state index contributed by atoms with van der Waals surface area (Å²) in [6.07, 6.45) is 5.84. The van der Waals surface area contributed by atoms with E-state index in [0.29, 0.717) is 18.4 Å². The van der Waals surface area contributed by atoms with Gasteiger partial charge in [-0.2, -0.15) is 5.10 Å². The molecule has 0 amide bonds. The average molecular weight is 301 g/mol. The first-order valence-corrected chi connectivity index (χ1v) is 8.62. The van der Waals surface area contributed by atoms with Crippen molar-refractivity contribution in [1.29, 1.82) is 0 Å². The van der Waals surface area contributed by atoms with Crippen molar-refractivity contribution in [1.82, 2.24) is 14.5 Å². The summed E-state index contributed by atoms with van der Waals surface area (Å²) in [4.78, 5) is 0.165. The zero-order valence-electron chi connectivity index (χ0n) is 12.0. The van der Waals surface area contributed by atoms with E-state index < -0.39 is 10.0 Å². The van der Waals surface area contributed by atoms with Gasteiger partial charge in [-0.05, 0) is 24.7 Å². The normalized spacial score (nSPS) is 27.1. The van der Waals surface area contributed by atoms with Crippen LogP contribution in [0, 0.1) is 11.8 Å². The molecule has 1 aliphatic carbocycles. The molecule has 0 spiro atoms. The van der Waals surface area contributed by atoms with Gasteiger partial charge in [-0.15, -0.1) is 0 Å². The van der Waals surface area contributed by atoms with Gasteiger partial charge in [0.2, 0.25) is 10.0 Å². The number of sulfonamides is 1. The van der Waals surface area contributed by atoms with Crippen LogP contribution < -0.4 is 4.72 Å². The summed E-state index contributed by atoms with van der Waals surface area (Å²) in [5, 5.41) is 12.8. The third-order valence-corrected chi connectivity index (χ3v) is 5.75. The summed E-state index contributed by atoms with van der Waals surface area (Å²) in [6.45, 7) is 4.50. The molecule has 20 heavy (non-hydrogen) atoms. The second-order valence-electron chi connectivity index (χ2n) is 5.50. The van der Waals surface area contributed by atoms with E-state index in [9.17, 15) is 8.42 Å². The molecule has 0 aromatic carbocycles. The number of rotatable bonds is 6. The van der Waals surface area contributed by atoms with Crippen LogP contribution in [0.4, 0.5) is 0 Å². The Hall–Kier alpha value is -0.920. The fourth-order valence-corrected chi connectivity index (χ4v) is 4.28. The molecule has 1 aromatic rings. The second-order valence-corrected chi connectivity index (χ2v) is 7.21. The van der Waals surface area contributed by atoms with Crippen molar-refractivity contribution in [2.24, 2.45) is 11.8 Å². The zero-order chi connectivity index (χ0) is 14.8. The fourth-order valence-electron chi connectivity index (χ4n) is 2.97. The molecule has 1 heterocycles. The van der Waals surface area contributed by atoms with Crippen LogP contribution in [0.25, 0.3) is 0 Å². The number of aliphatic hydroxyl groups excluding tert-OH is 1. The lowest BCUT2D eigenvalue weighted by atomic mass is 9.94. The average Bonchev–Trinajstić information content (AvgIpc) is 2.99. The van der Waals surface area contributed by atoms with Gasteiger partial charge in [-0.25, -0.2) is 13.1 Å². The number of nitrogens with one attached hydrogen (secondary N) is 1. The highest BCUT2D eigenvalue weighted by Gasteiger charge is 2.34. The van der Waals surface area contributed by atoms with Gasteiger partial charge in [-0.1, -0.05) is 20.3 Å². The monoisotopic (exact) mass is 301 g/mol. The number of aliphatic hydroxyl groups is 1. The Bertz CT molecular complexity index is 541. The molecular formula is C13H23N3O3S. The van der Waals surface area contributed by atoms with Crippen LogP contribution in [0.5, 0.6) is 0 Å². The lowest BCUT2D eigenvalue weighted by Gasteiger charge is -2.20. The third-order valence-electron chi connectivity index (χ3n) is 4.31. The van der Waals surface area contributed by atoms with Gasteiger partial charge in [-0.3, -0.25) is 4.68 Å². The highest BCUT2D eigenvalue weighted by molar-refractivity contribution is 7.89. The summed E-state index contributed by atoms with van der Waals surface area (Å²) >= 11 is 0. The van der Waals surface area contributed by atoms with Crippen LogP contribution in [0.15, 0.2) is 17.3 Å². The molecule has 1 saturated carbocycles. The highest BCUT2D eigenvalue weighted by atomic mass is 32.2. The van der Waals surface area contributed by atoms with Gasteiger partial charge in [0.25, 0.3) is 0 Å². The topological polar surface area (TPSA) is 84.2 Å². The van der Waals surface area contributed by atoms with E-state index in [2.05, 4.69) is 23.7 Å². The first-order chi connectivity index (χ1) is 9.47. The molecule has 114 valence electrons. The lowest BCUT2D eigenvalue weighted by Crippen LogP contribution is -2.37. The molecule has 0 bridgehead atoms. The summed E-state index contributed by atoms with van der Waals surface area (Å²) in [5.41, 5.74) is 0. The van der Waals surface area contributed by atoms with E-state index in [1.807, 2.05) is 0 Å². The van der Waals surface area contributed by atoms with Gasteiger partial charge < -0.3 is 5.11 Å². The zero-order valence-corrected chi connectivity index (χ0v) is 12.8. The highest BCUT2D eigenvalue weighted by Crippen LogP contribution is 2.34. The smallest absolute Gasteiger partial charge is 0.243 e. The number of hydrogen-bond donors (Lipinski definition) is 2. The number of hydrogen-bond acceptors (Lipinski definition) is 4. The Labute approximate surface area is 120 Å². The third kappa shape index (κ3) is 3.21. The number of nitrogens with zero attached hydrogens (tertiary/aromatic N) is 2. The van der Waals surface area contributed by atoms with Gasteiger partial charge in [0, 0.05) is 12.2 Å². The molecule has 6 nitrogen and oxygen atoms in total.